The zero-order chi connectivity index (χ0) is 16.2. The van der Waals surface area contributed by atoms with Gasteiger partial charge in [-0.25, -0.2) is 4.79 Å². The van der Waals surface area contributed by atoms with Gasteiger partial charge in [-0.3, -0.25) is 5.41 Å². The van der Waals surface area contributed by atoms with Gasteiger partial charge in [-0.05, 0) is 19.9 Å². The number of aromatic hydroxyl groups is 1. The van der Waals surface area contributed by atoms with Crippen LogP contribution in [-0.2, 0) is 4.74 Å². The molecule has 1 heterocycles. The molecule has 1 aromatic heterocycles. The lowest BCUT2D eigenvalue weighted by atomic mass is 10.1. The van der Waals surface area contributed by atoms with Gasteiger partial charge in [0.25, 0.3) is 0 Å². The van der Waals surface area contributed by atoms with Crippen LogP contribution in [0.5, 0.6) is 5.75 Å². The molecule has 7 heteroatoms. The third-order valence-electron chi connectivity index (χ3n) is 2.78. The van der Waals surface area contributed by atoms with Crippen molar-refractivity contribution < 1.29 is 14.6 Å². The molecule has 0 aliphatic heterocycles. The molecule has 0 unspecified atom stereocenters. The van der Waals surface area contributed by atoms with Crippen molar-refractivity contribution in [3.63, 3.8) is 0 Å². The van der Waals surface area contributed by atoms with Crippen LogP contribution in [0.3, 0.4) is 0 Å². The highest BCUT2D eigenvalue weighted by Crippen LogP contribution is 2.28. The molecule has 0 atom stereocenters. The quantitative estimate of drug-likeness (QED) is 0.338. The fraction of sp³-hybridized carbons (Fsp3) is 0.357. The van der Waals surface area contributed by atoms with Gasteiger partial charge in [0.2, 0.25) is 0 Å². The Bertz CT molecular complexity index is 635. The van der Waals surface area contributed by atoms with E-state index in [2.05, 4.69) is 4.98 Å². The Morgan fingerprint density at radius 2 is 2.19 bits per heavy atom. The van der Waals surface area contributed by atoms with E-state index in [4.69, 9.17) is 15.4 Å². The van der Waals surface area contributed by atoms with Gasteiger partial charge in [0.1, 0.15) is 17.5 Å². The van der Waals surface area contributed by atoms with Crippen molar-refractivity contribution in [2.24, 2.45) is 0 Å². The summed E-state index contributed by atoms with van der Waals surface area (Å²) < 4.78 is 4.86. The first-order valence-electron chi connectivity index (χ1n) is 6.30. The monoisotopic (exact) mass is 290 g/mol. The van der Waals surface area contributed by atoms with Gasteiger partial charge < -0.3 is 19.7 Å². The number of nitrogens with one attached hydrogen (secondary N) is 2. The Kier molecular flexibility index (Phi) is 5.13. The topological polar surface area (TPSA) is 113 Å². The number of nitriles is 1. The second-order valence-electron chi connectivity index (χ2n) is 4.52. The fourth-order valence-electron chi connectivity index (χ4n) is 1.73. The van der Waals surface area contributed by atoms with Crippen molar-refractivity contribution in [3.8, 4) is 11.8 Å². The number of aryl methyl sites for hydroxylation is 1. The van der Waals surface area contributed by atoms with E-state index in [1.165, 1.54) is 11.0 Å². The van der Waals surface area contributed by atoms with Crippen molar-refractivity contribution in [3.05, 3.63) is 22.5 Å². The molecule has 7 nitrogen and oxygen atoms in total. The maximum absolute atomic E-state index is 11.8. The van der Waals surface area contributed by atoms with Gasteiger partial charge in [0.05, 0.1) is 17.9 Å². The van der Waals surface area contributed by atoms with Gasteiger partial charge >= 0.3 is 5.97 Å². The summed E-state index contributed by atoms with van der Waals surface area (Å²) in [7, 11) is 3.27. The van der Waals surface area contributed by atoms with Crippen molar-refractivity contribution >= 4 is 17.9 Å². The Morgan fingerprint density at radius 3 is 2.67 bits per heavy atom. The predicted octanol–water partition coefficient (Wildman–Crippen LogP) is 1.65. The number of hydrogen-bond acceptors (Lipinski definition) is 5. The first-order chi connectivity index (χ1) is 9.83. The van der Waals surface area contributed by atoms with E-state index in [1.807, 2.05) is 6.07 Å². The third-order valence-corrected chi connectivity index (χ3v) is 2.78. The van der Waals surface area contributed by atoms with Crippen molar-refractivity contribution in [1.29, 1.82) is 10.7 Å². The Labute approximate surface area is 123 Å². The second-order valence-corrected chi connectivity index (χ2v) is 4.52. The maximum atomic E-state index is 11.8. The molecule has 112 valence electrons. The summed E-state index contributed by atoms with van der Waals surface area (Å²) in [6, 6.07) is 1.89. The van der Waals surface area contributed by atoms with Crippen molar-refractivity contribution in [2.75, 3.05) is 20.7 Å². The first kappa shape index (κ1) is 16.3. The zero-order valence-electron chi connectivity index (χ0n) is 12.4. The van der Waals surface area contributed by atoms with E-state index in [0.717, 1.165) is 0 Å². The molecule has 0 spiro atoms. The molecule has 0 fully saturated rings. The molecule has 0 saturated carbocycles. The average Bonchev–Trinajstić information content (AvgIpc) is 2.70. The van der Waals surface area contributed by atoms with Crippen LogP contribution in [0.1, 0.15) is 28.7 Å². The van der Waals surface area contributed by atoms with Crippen LogP contribution in [-0.4, -0.2) is 47.5 Å². The highest BCUT2D eigenvalue weighted by Gasteiger charge is 2.21. The van der Waals surface area contributed by atoms with Crippen LogP contribution in [0.4, 0.5) is 0 Å². The Hall–Kier alpha value is -2.75. The molecule has 21 heavy (non-hydrogen) atoms. The predicted molar refractivity (Wildman–Crippen MR) is 78.2 cm³/mol. The van der Waals surface area contributed by atoms with Crippen LogP contribution in [0.2, 0.25) is 0 Å². The van der Waals surface area contributed by atoms with Gasteiger partial charge in [0, 0.05) is 19.8 Å². The number of carbonyl (C=O) groups excluding carboxylic acids is 1. The summed E-state index contributed by atoms with van der Waals surface area (Å²) in [5, 5.41) is 27.0. The minimum absolute atomic E-state index is 0.00170. The van der Waals surface area contributed by atoms with E-state index in [-0.39, 0.29) is 35.0 Å². The van der Waals surface area contributed by atoms with E-state index in [0.29, 0.717) is 5.69 Å². The van der Waals surface area contributed by atoms with Gasteiger partial charge in [-0.1, -0.05) is 0 Å². The van der Waals surface area contributed by atoms with Crippen molar-refractivity contribution in [2.45, 2.75) is 13.8 Å². The van der Waals surface area contributed by atoms with Crippen LogP contribution in [0, 0.1) is 23.7 Å². The number of ether oxygens (including phenoxy) is 1. The number of amidine groups is 1. The SMILES string of the molecule is CCOC(=O)c1c(C)[nH]c(/C=C(/C#N)C(=N)N(C)C)c1O. The minimum Gasteiger partial charge on any atom is -0.505 e. The summed E-state index contributed by atoms with van der Waals surface area (Å²) in [5.74, 6) is -0.920. The van der Waals surface area contributed by atoms with Crippen LogP contribution in [0.25, 0.3) is 6.08 Å². The highest BCUT2D eigenvalue weighted by molar-refractivity contribution is 6.04. The van der Waals surface area contributed by atoms with Gasteiger partial charge in [-0.15, -0.1) is 0 Å². The summed E-state index contributed by atoms with van der Waals surface area (Å²) in [6.45, 7) is 3.49. The lowest BCUT2D eigenvalue weighted by Gasteiger charge is -2.11. The van der Waals surface area contributed by atoms with Gasteiger partial charge in [0.15, 0.2) is 5.75 Å². The number of esters is 1. The number of likely N-dealkylation sites (N-methyl/N-ethyl adjacent to an activating group) is 1. The minimum atomic E-state index is -0.635. The number of aromatic nitrogens is 1. The lowest BCUT2D eigenvalue weighted by Crippen LogP contribution is -2.22. The smallest absolute Gasteiger partial charge is 0.343 e. The van der Waals surface area contributed by atoms with E-state index >= 15 is 0 Å². The molecular formula is C14H18N4O3. The molecule has 1 aromatic rings. The van der Waals surface area contributed by atoms with E-state index in [9.17, 15) is 9.90 Å². The average molecular weight is 290 g/mol. The molecule has 0 aromatic carbocycles. The van der Waals surface area contributed by atoms with E-state index < -0.39 is 5.97 Å². The van der Waals surface area contributed by atoms with Crippen LogP contribution < -0.4 is 0 Å². The summed E-state index contributed by atoms with van der Waals surface area (Å²) in [4.78, 5) is 16.0. The molecule has 3 N–H and O–H groups in total. The van der Waals surface area contributed by atoms with Crippen LogP contribution >= 0.6 is 0 Å². The number of H-pyrrole nitrogens is 1. The third kappa shape index (κ3) is 3.42. The molecule has 0 saturated heterocycles. The maximum Gasteiger partial charge on any atom is 0.343 e. The van der Waals surface area contributed by atoms with Gasteiger partial charge in [-0.2, -0.15) is 5.26 Å². The number of nitrogens with zero attached hydrogens (tertiary/aromatic N) is 2. The standard InChI is InChI=1S/C14H18N4O3/c1-5-21-14(20)11-8(2)17-10(12(11)19)6-9(7-15)13(16)18(3)4/h6,16-17,19H,5H2,1-4H3/b9-6-,16-13?. The number of aromatic amines is 1. The lowest BCUT2D eigenvalue weighted by molar-refractivity contribution is 0.0522. The Balaban J connectivity index is 3.28. The molecular weight excluding hydrogens is 272 g/mol. The van der Waals surface area contributed by atoms with Crippen molar-refractivity contribution in [1.82, 2.24) is 9.88 Å². The fourth-order valence-corrected chi connectivity index (χ4v) is 1.73. The second kappa shape index (κ2) is 6.61. The molecule has 0 amide bonds. The van der Waals surface area contributed by atoms with Crippen LogP contribution in [0.15, 0.2) is 5.57 Å². The largest absolute Gasteiger partial charge is 0.505 e. The number of carbonyl (C=O) groups is 1. The highest BCUT2D eigenvalue weighted by atomic mass is 16.5. The van der Waals surface area contributed by atoms with E-state index in [1.54, 1.807) is 27.9 Å². The normalized spacial score (nSPS) is 10.9. The molecule has 0 radical (unpaired) electrons. The number of rotatable bonds is 4. The zero-order valence-corrected chi connectivity index (χ0v) is 12.4. The molecule has 0 bridgehead atoms. The summed E-state index contributed by atoms with van der Waals surface area (Å²) in [6.07, 6.45) is 1.33. The Morgan fingerprint density at radius 1 is 1.57 bits per heavy atom. The summed E-state index contributed by atoms with van der Waals surface area (Å²) in [5.41, 5.74) is 0.730. The first-order valence-corrected chi connectivity index (χ1v) is 6.30. The molecule has 0 aliphatic rings. The number of hydrogen-bond donors (Lipinski definition) is 3. The molecule has 0 aliphatic carbocycles. The molecule has 1 rings (SSSR count). The summed E-state index contributed by atoms with van der Waals surface area (Å²) >= 11 is 0.